The van der Waals surface area contributed by atoms with Crippen LogP contribution in [0.15, 0.2) is 54.6 Å². The molecule has 1 aliphatic heterocycles. The third kappa shape index (κ3) is 4.61. The van der Waals surface area contributed by atoms with Gasteiger partial charge in [-0.2, -0.15) is 0 Å². The molecule has 2 aromatic carbocycles. The van der Waals surface area contributed by atoms with Crippen molar-refractivity contribution in [1.82, 2.24) is 0 Å². The first-order valence-electron chi connectivity index (χ1n) is 8.39. The Labute approximate surface area is 144 Å². The van der Waals surface area contributed by atoms with Crippen molar-refractivity contribution in [3.05, 3.63) is 70.7 Å². The monoisotopic (exact) mass is 324 g/mol. The van der Waals surface area contributed by atoms with Crippen molar-refractivity contribution in [2.24, 2.45) is 0 Å². The molecule has 0 radical (unpaired) electrons. The number of halogens is 1. The van der Waals surface area contributed by atoms with E-state index in [-0.39, 0.29) is 0 Å². The summed E-state index contributed by atoms with van der Waals surface area (Å²) in [4.78, 5) is 0. The standard InChI is InChI=1S/C21H23ClN/c22-21-13-7-11-20(17-21)18-23(14-5-2-6-15-23)16-8-12-19-9-3-1-4-10-19/h1,3-4,7,9-11,13,17H,2,5-6,14-16,18H2/q+1. The number of piperidine rings is 1. The van der Waals surface area contributed by atoms with Gasteiger partial charge in [-0.3, -0.25) is 0 Å². The number of hydrogen-bond acceptors (Lipinski definition) is 0. The maximum Gasteiger partial charge on any atom is 0.141 e. The second kappa shape index (κ2) is 7.68. The molecule has 0 bridgehead atoms. The first-order chi connectivity index (χ1) is 11.3. The Hall–Kier alpha value is -1.75. The number of hydrogen-bond donors (Lipinski definition) is 0. The van der Waals surface area contributed by atoms with Gasteiger partial charge in [0.1, 0.15) is 13.1 Å². The van der Waals surface area contributed by atoms with E-state index < -0.39 is 0 Å². The summed E-state index contributed by atoms with van der Waals surface area (Å²) in [5.41, 5.74) is 2.42. The topological polar surface area (TPSA) is 0 Å². The zero-order valence-corrected chi connectivity index (χ0v) is 14.2. The highest BCUT2D eigenvalue weighted by molar-refractivity contribution is 6.30. The van der Waals surface area contributed by atoms with Gasteiger partial charge in [-0.05, 0) is 49.4 Å². The van der Waals surface area contributed by atoms with Gasteiger partial charge in [0, 0.05) is 16.1 Å². The fraction of sp³-hybridized carbons (Fsp3) is 0.333. The van der Waals surface area contributed by atoms with Crippen LogP contribution in [0, 0.1) is 11.8 Å². The fourth-order valence-corrected chi connectivity index (χ4v) is 3.62. The maximum atomic E-state index is 6.16. The van der Waals surface area contributed by atoms with Crippen molar-refractivity contribution < 1.29 is 4.48 Å². The van der Waals surface area contributed by atoms with Crippen LogP contribution in [0.3, 0.4) is 0 Å². The van der Waals surface area contributed by atoms with Crippen molar-refractivity contribution >= 4 is 11.6 Å². The summed E-state index contributed by atoms with van der Waals surface area (Å²) in [6.45, 7) is 4.39. The molecule has 0 N–H and O–H groups in total. The van der Waals surface area contributed by atoms with Gasteiger partial charge in [-0.15, -0.1) is 0 Å². The van der Waals surface area contributed by atoms with Gasteiger partial charge in [-0.25, -0.2) is 0 Å². The lowest BCUT2D eigenvalue weighted by atomic mass is 10.0. The molecule has 0 saturated carbocycles. The molecule has 1 saturated heterocycles. The average molecular weight is 325 g/mol. The molecule has 1 aliphatic rings. The average Bonchev–Trinajstić information content (AvgIpc) is 2.57. The first kappa shape index (κ1) is 16.1. The van der Waals surface area contributed by atoms with Gasteiger partial charge < -0.3 is 4.48 Å². The molecular formula is C21H23ClN+. The molecule has 0 aliphatic carbocycles. The van der Waals surface area contributed by atoms with Crippen molar-refractivity contribution in [1.29, 1.82) is 0 Å². The van der Waals surface area contributed by atoms with E-state index in [0.717, 1.165) is 28.2 Å². The lowest BCUT2D eigenvalue weighted by Crippen LogP contribution is -2.50. The molecule has 0 atom stereocenters. The summed E-state index contributed by atoms with van der Waals surface area (Å²) in [5, 5.41) is 0.827. The van der Waals surface area contributed by atoms with Crippen LogP contribution < -0.4 is 0 Å². The minimum absolute atomic E-state index is 0.827. The summed E-state index contributed by atoms with van der Waals surface area (Å²) in [7, 11) is 0. The third-order valence-corrected chi connectivity index (χ3v) is 4.83. The van der Waals surface area contributed by atoms with Crippen molar-refractivity contribution in [3.63, 3.8) is 0 Å². The minimum atomic E-state index is 0.827. The molecule has 23 heavy (non-hydrogen) atoms. The van der Waals surface area contributed by atoms with Gasteiger partial charge in [0.05, 0.1) is 13.1 Å². The molecule has 118 valence electrons. The van der Waals surface area contributed by atoms with Crippen molar-refractivity contribution in [3.8, 4) is 11.8 Å². The van der Waals surface area contributed by atoms with Gasteiger partial charge >= 0.3 is 0 Å². The van der Waals surface area contributed by atoms with E-state index in [2.05, 4.69) is 36.1 Å². The molecule has 0 unspecified atom stereocenters. The summed E-state index contributed by atoms with van der Waals surface area (Å²) in [5.74, 6) is 6.76. The predicted octanol–water partition coefficient (Wildman–Crippen LogP) is 4.89. The van der Waals surface area contributed by atoms with Crippen LogP contribution in [-0.2, 0) is 6.54 Å². The lowest BCUT2D eigenvalue weighted by molar-refractivity contribution is -0.938. The number of rotatable bonds is 3. The number of quaternary nitrogens is 1. The van der Waals surface area contributed by atoms with Crippen LogP contribution in [0.5, 0.6) is 0 Å². The second-order valence-electron chi connectivity index (χ2n) is 6.46. The van der Waals surface area contributed by atoms with Crippen LogP contribution in [0.4, 0.5) is 0 Å². The molecule has 2 aromatic rings. The van der Waals surface area contributed by atoms with Gasteiger partial charge in [0.2, 0.25) is 0 Å². The van der Waals surface area contributed by atoms with E-state index in [4.69, 9.17) is 11.6 Å². The van der Waals surface area contributed by atoms with Gasteiger partial charge in [0.15, 0.2) is 0 Å². The first-order valence-corrected chi connectivity index (χ1v) is 8.77. The maximum absolute atomic E-state index is 6.16. The molecule has 0 amide bonds. The van der Waals surface area contributed by atoms with E-state index >= 15 is 0 Å². The van der Waals surface area contributed by atoms with E-state index in [0.29, 0.717) is 0 Å². The molecule has 1 nitrogen and oxygen atoms in total. The molecule has 3 rings (SSSR count). The van der Waals surface area contributed by atoms with Crippen LogP contribution in [0.2, 0.25) is 5.02 Å². The lowest BCUT2D eigenvalue weighted by Gasteiger charge is -2.40. The Balaban J connectivity index is 1.76. The van der Waals surface area contributed by atoms with E-state index in [1.807, 2.05) is 30.3 Å². The predicted molar refractivity (Wildman–Crippen MR) is 97.2 cm³/mol. The van der Waals surface area contributed by atoms with E-state index in [1.54, 1.807) is 0 Å². The van der Waals surface area contributed by atoms with Crippen molar-refractivity contribution in [2.45, 2.75) is 25.8 Å². The normalized spacial score (nSPS) is 16.4. The van der Waals surface area contributed by atoms with Crippen LogP contribution in [0.25, 0.3) is 0 Å². The molecule has 2 heteroatoms. The smallest absolute Gasteiger partial charge is 0.141 e. The largest absolute Gasteiger partial charge is 0.310 e. The van der Waals surface area contributed by atoms with Crippen LogP contribution in [0.1, 0.15) is 30.4 Å². The quantitative estimate of drug-likeness (QED) is 0.557. The minimum Gasteiger partial charge on any atom is -0.310 e. The Morgan fingerprint density at radius 2 is 1.70 bits per heavy atom. The third-order valence-electron chi connectivity index (χ3n) is 4.59. The summed E-state index contributed by atoms with van der Waals surface area (Å²) in [6.07, 6.45) is 3.95. The summed E-state index contributed by atoms with van der Waals surface area (Å²) >= 11 is 6.16. The van der Waals surface area contributed by atoms with Gasteiger partial charge in [0.25, 0.3) is 0 Å². The van der Waals surface area contributed by atoms with E-state index in [1.165, 1.54) is 37.9 Å². The second-order valence-corrected chi connectivity index (χ2v) is 6.90. The SMILES string of the molecule is Clc1cccc(C[N+]2(CC#Cc3ccccc3)CCCCC2)c1. The number of benzene rings is 2. The molecular weight excluding hydrogens is 302 g/mol. The molecule has 0 spiro atoms. The zero-order valence-electron chi connectivity index (χ0n) is 13.5. The molecule has 0 aromatic heterocycles. The molecule has 1 fully saturated rings. The van der Waals surface area contributed by atoms with Crippen LogP contribution in [-0.4, -0.2) is 24.1 Å². The summed E-state index contributed by atoms with van der Waals surface area (Å²) in [6, 6.07) is 18.5. The van der Waals surface area contributed by atoms with E-state index in [9.17, 15) is 0 Å². The Kier molecular flexibility index (Phi) is 5.39. The summed E-state index contributed by atoms with van der Waals surface area (Å²) < 4.78 is 1.07. The highest BCUT2D eigenvalue weighted by Crippen LogP contribution is 2.23. The molecule has 1 heterocycles. The fourth-order valence-electron chi connectivity index (χ4n) is 3.41. The highest BCUT2D eigenvalue weighted by Gasteiger charge is 2.29. The zero-order chi connectivity index (χ0) is 16.0. The van der Waals surface area contributed by atoms with Crippen LogP contribution >= 0.6 is 11.6 Å². The Bertz CT molecular complexity index is 691. The highest BCUT2D eigenvalue weighted by atomic mass is 35.5. The number of likely N-dealkylation sites (tertiary alicyclic amines) is 1. The van der Waals surface area contributed by atoms with Crippen molar-refractivity contribution in [2.75, 3.05) is 19.6 Å². The Morgan fingerprint density at radius 3 is 2.43 bits per heavy atom. The Morgan fingerprint density at radius 1 is 0.913 bits per heavy atom. The number of nitrogens with zero attached hydrogens (tertiary/aromatic N) is 1. The van der Waals surface area contributed by atoms with Gasteiger partial charge in [-0.1, -0.05) is 47.9 Å².